The summed E-state index contributed by atoms with van der Waals surface area (Å²) in [5.41, 5.74) is 2.32. The van der Waals surface area contributed by atoms with Gasteiger partial charge in [-0.05, 0) is 40.0 Å². The number of halogens is 1. The van der Waals surface area contributed by atoms with Crippen molar-refractivity contribution in [3.05, 3.63) is 58.0 Å². The zero-order valence-corrected chi connectivity index (χ0v) is 10.6. The van der Waals surface area contributed by atoms with E-state index in [9.17, 15) is 5.11 Å². The summed E-state index contributed by atoms with van der Waals surface area (Å²) in [5, 5.41) is 10.0. The summed E-state index contributed by atoms with van der Waals surface area (Å²) in [6.45, 7) is 2.04. The maximum absolute atomic E-state index is 10.0. The Balaban J connectivity index is 2.17. The number of rotatable bonds is 3. The lowest BCUT2D eigenvalue weighted by atomic mass is 10.0. The molecule has 0 saturated heterocycles. The van der Waals surface area contributed by atoms with Crippen molar-refractivity contribution in [1.29, 1.82) is 0 Å². The fourth-order valence-electron chi connectivity index (χ4n) is 1.68. The van der Waals surface area contributed by atoms with Crippen LogP contribution in [0.4, 0.5) is 0 Å². The molecule has 0 amide bonds. The van der Waals surface area contributed by atoms with Gasteiger partial charge in [0.2, 0.25) is 0 Å². The Labute approximate surface area is 103 Å². The molecule has 0 aliphatic carbocycles. The van der Waals surface area contributed by atoms with Crippen molar-refractivity contribution >= 4 is 15.9 Å². The van der Waals surface area contributed by atoms with Crippen LogP contribution >= 0.6 is 15.9 Å². The van der Waals surface area contributed by atoms with Crippen LogP contribution < -0.4 is 0 Å². The lowest BCUT2D eigenvalue weighted by molar-refractivity contribution is 0.149. The summed E-state index contributed by atoms with van der Waals surface area (Å²) >= 11 is 3.35. The molecule has 84 valence electrons. The molecular weight excluding hydrogens is 268 g/mol. The summed E-state index contributed by atoms with van der Waals surface area (Å²) in [6, 6.07) is 9.82. The monoisotopic (exact) mass is 280 g/mol. The highest BCUT2D eigenvalue weighted by Crippen LogP contribution is 2.27. The van der Waals surface area contributed by atoms with Gasteiger partial charge in [0.1, 0.15) is 11.9 Å². The van der Waals surface area contributed by atoms with Crippen molar-refractivity contribution in [2.75, 3.05) is 0 Å². The van der Waals surface area contributed by atoms with Gasteiger partial charge in [0.15, 0.2) is 0 Å². The first-order chi connectivity index (χ1) is 7.68. The van der Waals surface area contributed by atoms with Crippen LogP contribution in [0.15, 0.2) is 45.5 Å². The topological polar surface area (TPSA) is 33.4 Å². The SMILES string of the molecule is Cc1ccccc1CC(O)c1occc1Br. The van der Waals surface area contributed by atoms with Crippen LogP contribution in [0, 0.1) is 6.92 Å². The van der Waals surface area contributed by atoms with E-state index in [1.165, 1.54) is 5.56 Å². The van der Waals surface area contributed by atoms with E-state index in [2.05, 4.69) is 15.9 Å². The third-order valence-electron chi connectivity index (χ3n) is 2.62. The van der Waals surface area contributed by atoms with E-state index >= 15 is 0 Å². The molecule has 16 heavy (non-hydrogen) atoms. The largest absolute Gasteiger partial charge is 0.465 e. The molecule has 0 spiro atoms. The van der Waals surface area contributed by atoms with Crippen LogP contribution in [-0.2, 0) is 6.42 Å². The maximum atomic E-state index is 10.0. The summed E-state index contributed by atoms with van der Waals surface area (Å²) in [6.07, 6.45) is 1.53. The van der Waals surface area contributed by atoms with E-state index in [1.54, 1.807) is 12.3 Å². The van der Waals surface area contributed by atoms with E-state index in [0.29, 0.717) is 12.2 Å². The molecule has 1 heterocycles. The molecule has 2 aromatic rings. The van der Waals surface area contributed by atoms with Crippen LogP contribution in [0.5, 0.6) is 0 Å². The van der Waals surface area contributed by atoms with Gasteiger partial charge in [-0.3, -0.25) is 0 Å². The summed E-state index contributed by atoms with van der Waals surface area (Å²) in [4.78, 5) is 0. The fraction of sp³-hybridized carbons (Fsp3) is 0.231. The van der Waals surface area contributed by atoms with Crippen molar-refractivity contribution in [1.82, 2.24) is 0 Å². The van der Waals surface area contributed by atoms with E-state index in [-0.39, 0.29) is 0 Å². The van der Waals surface area contributed by atoms with Crippen molar-refractivity contribution < 1.29 is 9.52 Å². The van der Waals surface area contributed by atoms with Gasteiger partial charge in [0.25, 0.3) is 0 Å². The lowest BCUT2D eigenvalue weighted by Gasteiger charge is -2.10. The highest BCUT2D eigenvalue weighted by atomic mass is 79.9. The van der Waals surface area contributed by atoms with Crippen LogP contribution in [-0.4, -0.2) is 5.11 Å². The summed E-state index contributed by atoms with van der Waals surface area (Å²) < 4.78 is 6.05. The van der Waals surface area contributed by atoms with Gasteiger partial charge >= 0.3 is 0 Å². The average Bonchev–Trinajstić information content (AvgIpc) is 2.68. The first-order valence-corrected chi connectivity index (χ1v) is 5.93. The van der Waals surface area contributed by atoms with Gasteiger partial charge in [-0.25, -0.2) is 0 Å². The number of aliphatic hydroxyl groups is 1. The molecule has 0 aliphatic rings. The molecule has 2 nitrogen and oxygen atoms in total. The Hall–Kier alpha value is -1.06. The predicted molar refractivity (Wildman–Crippen MR) is 66.3 cm³/mol. The fourth-order valence-corrected chi connectivity index (χ4v) is 2.15. The van der Waals surface area contributed by atoms with Crippen molar-refractivity contribution in [2.45, 2.75) is 19.4 Å². The number of hydrogen-bond donors (Lipinski definition) is 1. The molecular formula is C13H13BrO2. The standard InChI is InChI=1S/C13H13BrO2/c1-9-4-2-3-5-10(9)8-12(15)13-11(14)6-7-16-13/h2-7,12,15H,8H2,1H3. The molecule has 0 bridgehead atoms. The molecule has 1 atom stereocenters. The first kappa shape index (κ1) is 11.4. The maximum Gasteiger partial charge on any atom is 0.146 e. The van der Waals surface area contributed by atoms with Gasteiger partial charge in [-0.15, -0.1) is 0 Å². The molecule has 0 aliphatic heterocycles. The zero-order chi connectivity index (χ0) is 11.5. The number of aryl methyl sites for hydroxylation is 1. The minimum atomic E-state index is -0.606. The van der Waals surface area contributed by atoms with E-state index in [4.69, 9.17) is 4.42 Å². The molecule has 1 aromatic heterocycles. The minimum Gasteiger partial charge on any atom is -0.465 e. The van der Waals surface area contributed by atoms with Gasteiger partial charge in [-0.1, -0.05) is 24.3 Å². The molecule has 2 rings (SSSR count). The van der Waals surface area contributed by atoms with Crippen LogP contribution in [0.1, 0.15) is 23.0 Å². The second kappa shape index (κ2) is 4.85. The number of benzene rings is 1. The lowest BCUT2D eigenvalue weighted by Crippen LogP contribution is -2.02. The Bertz CT molecular complexity index is 476. The molecule has 1 N–H and O–H groups in total. The smallest absolute Gasteiger partial charge is 0.146 e. The Morgan fingerprint density at radius 1 is 1.31 bits per heavy atom. The highest BCUT2D eigenvalue weighted by molar-refractivity contribution is 9.10. The van der Waals surface area contributed by atoms with Crippen LogP contribution in [0.2, 0.25) is 0 Å². The predicted octanol–water partition coefficient (Wildman–Crippen LogP) is 3.63. The molecule has 1 aromatic carbocycles. The Morgan fingerprint density at radius 2 is 2.06 bits per heavy atom. The third kappa shape index (κ3) is 2.36. The van der Waals surface area contributed by atoms with Crippen molar-refractivity contribution in [3.8, 4) is 0 Å². The number of hydrogen-bond acceptors (Lipinski definition) is 2. The Kier molecular flexibility index (Phi) is 3.46. The molecule has 0 saturated carbocycles. The van der Waals surface area contributed by atoms with Gasteiger partial charge in [-0.2, -0.15) is 0 Å². The number of furan rings is 1. The second-order valence-electron chi connectivity index (χ2n) is 3.78. The zero-order valence-electron chi connectivity index (χ0n) is 8.98. The molecule has 0 fully saturated rings. The third-order valence-corrected chi connectivity index (χ3v) is 3.28. The van der Waals surface area contributed by atoms with Crippen LogP contribution in [0.3, 0.4) is 0 Å². The molecule has 0 radical (unpaired) electrons. The highest BCUT2D eigenvalue weighted by Gasteiger charge is 2.15. The molecule has 1 unspecified atom stereocenters. The average molecular weight is 281 g/mol. The van der Waals surface area contributed by atoms with Gasteiger partial charge in [0, 0.05) is 6.42 Å². The minimum absolute atomic E-state index is 0.568. The summed E-state index contributed by atoms with van der Waals surface area (Å²) in [7, 11) is 0. The van der Waals surface area contributed by atoms with Crippen molar-refractivity contribution in [3.63, 3.8) is 0 Å². The van der Waals surface area contributed by atoms with Gasteiger partial charge < -0.3 is 9.52 Å². The summed E-state index contributed by atoms with van der Waals surface area (Å²) in [5.74, 6) is 0.586. The van der Waals surface area contributed by atoms with Gasteiger partial charge in [0.05, 0.1) is 10.7 Å². The first-order valence-electron chi connectivity index (χ1n) is 5.14. The normalized spacial score (nSPS) is 12.7. The Morgan fingerprint density at radius 3 is 2.69 bits per heavy atom. The van der Waals surface area contributed by atoms with E-state index in [1.807, 2.05) is 31.2 Å². The number of aliphatic hydroxyl groups excluding tert-OH is 1. The van der Waals surface area contributed by atoms with E-state index < -0.39 is 6.10 Å². The van der Waals surface area contributed by atoms with Crippen molar-refractivity contribution in [2.24, 2.45) is 0 Å². The second-order valence-corrected chi connectivity index (χ2v) is 4.63. The van der Waals surface area contributed by atoms with Crippen LogP contribution in [0.25, 0.3) is 0 Å². The van der Waals surface area contributed by atoms with E-state index in [0.717, 1.165) is 10.0 Å². The molecule has 3 heteroatoms. The quantitative estimate of drug-likeness (QED) is 0.932.